The normalized spacial score (nSPS) is 34.5. The molecule has 0 bridgehead atoms. The first kappa shape index (κ1) is 29.6. The summed E-state index contributed by atoms with van der Waals surface area (Å²) in [6.45, 7) is 9.38. The summed E-state index contributed by atoms with van der Waals surface area (Å²) < 4.78 is 17.0. The third-order valence-corrected chi connectivity index (χ3v) is 8.63. The van der Waals surface area contributed by atoms with Gasteiger partial charge < -0.3 is 29.2 Å². The number of hydrogen-bond donors (Lipinski definition) is 3. The first-order valence-electron chi connectivity index (χ1n) is 14.2. The number of rotatable bonds is 4. The highest BCUT2D eigenvalue weighted by Gasteiger charge is 2.71. The fraction of sp³-hybridized carbons (Fsp3) is 0.700. The minimum Gasteiger partial charge on any atom is -0.454 e. The predicted molar refractivity (Wildman–Crippen MR) is 143 cm³/mol. The Balaban J connectivity index is 1.65. The average molecular weight is 546 g/mol. The summed E-state index contributed by atoms with van der Waals surface area (Å²) in [7, 11) is 0. The van der Waals surface area contributed by atoms with E-state index in [1.807, 2.05) is 13.8 Å². The molecule has 1 aromatic carbocycles. The third kappa shape index (κ3) is 6.06. The number of carbonyl (C=O) groups is 2. The second-order valence-electron chi connectivity index (χ2n) is 12.3. The van der Waals surface area contributed by atoms with Crippen LogP contribution < -0.4 is 0 Å². The lowest BCUT2D eigenvalue weighted by molar-refractivity contribution is -0.171. The van der Waals surface area contributed by atoms with Gasteiger partial charge in [0.05, 0.1) is 0 Å². The molecule has 9 nitrogen and oxygen atoms in total. The van der Waals surface area contributed by atoms with Crippen LogP contribution in [0.5, 0.6) is 0 Å². The Morgan fingerprint density at radius 3 is 2.59 bits per heavy atom. The number of Topliss-reactive ketones (excluding diaryl/α,β-unsaturated/α-hetero) is 1. The van der Waals surface area contributed by atoms with E-state index in [2.05, 4.69) is 18.8 Å². The lowest BCUT2D eigenvalue weighted by atomic mass is 9.73. The van der Waals surface area contributed by atoms with Gasteiger partial charge >= 0.3 is 5.97 Å². The van der Waals surface area contributed by atoms with Crippen LogP contribution in [0.25, 0.3) is 11.1 Å². The molecule has 0 aliphatic carbocycles. The molecule has 9 heteroatoms. The molecule has 3 N–H and O–H groups in total. The summed E-state index contributed by atoms with van der Waals surface area (Å²) in [5.74, 6) is -1.93. The molecule has 2 aliphatic heterocycles. The van der Waals surface area contributed by atoms with Gasteiger partial charge in [0.1, 0.15) is 23.5 Å². The van der Waals surface area contributed by atoms with Gasteiger partial charge in [0.15, 0.2) is 17.8 Å². The molecule has 3 heterocycles. The van der Waals surface area contributed by atoms with E-state index in [0.717, 1.165) is 32.1 Å². The lowest BCUT2D eigenvalue weighted by Crippen LogP contribution is -2.42. The number of esters is 1. The van der Waals surface area contributed by atoms with Crippen LogP contribution in [0.4, 0.5) is 0 Å². The average Bonchev–Trinajstić information content (AvgIpc) is 3.22. The van der Waals surface area contributed by atoms with Crippen LogP contribution in [-0.4, -0.2) is 49.5 Å². The minimum atomic E-state index is -1.90. The molecule has 1 aromatic heterocycles. The zero-order chi connectivity index (χ0) is 28.6. The first-order valence-corrected chi connectivity index (χ1v) is 14.2. The van der Waals surface area contributed by atoms with Gasteiger partial charge in [-0.1, -0.05) is 53.0 Å². The minimum absolute atomic E-state index is 0.0201. The largest absolute Gasteiger partial charge is 0.454 e. The molecule has 216 valence electrons. The van der Waals surface area contributed by atoms with Crippen LogP contribution in [0.1, 0.15) is 104 Å². The van der Waals surface area contributed by atoms with Crippen LogP contribution in [0.15, 0.2) is 22.6 Å². The smallest absolute Gasteiger partial charge is 0.306 e. The lowest BCUT2D eigenvalue weighted by Gasteiger charge is -2.31. The van der Waals surface area contributed by atoms with Crippen molar-refractivity contribution in [2.45, 2.75) is 116 Å². The predicted octanol–water partition coefficient (Wildman–Crippen LogP) is 4.74. The number of ketones is 1. The Labute approximate surface area is 229 Å². The molecular weight excluding hydrogens is 502 g/mol. The van der Waals surface area contributed by atoms with Crippen molar-refractivity contribution in [1.29, 1.82) is 0 Å². The number of epoxide rings is 1. The highest BCUT2D eigenvalue weighted by atomic mass is 16.8. The van der Waals surface area contributed by atoms with E-state index in [9.17, 15) is 24.9 Å². The molecule has 0 spiro atoms. The molecule has 0 amide bonds. The van der Waals surface area contributed by atoms with Crippen molar-refractivity contribution in [2.24, 2.45) is 17.3 Å². The van der Waals surface area contributed by atoms with Crippen molar-refractivity contribution in [3.05, 3.63) is 29.7 Å². The Morgan fingerprint density at radius 1 is 1.15 bits per heavy atom. The number of ether oxygens (including phenoxy) is 2. The maximum atomic E-state index is 13.6. The van der Waals surface area contributed by atoms with E-state index in [1.165, 1.54) is 0 Å². The Hall–Kier alpha value is -2.33. The van der Waals surface area contributed by atoms with Crippen molar-refractivity contribution in [3.8, 4) is 0 Å². The van der Waals surface area contributed by atoms with Crippen molar-refractivity contribution >= 4 is 22.9 Å². The number of hydrogen-bond acceptors (Lipinski definition) is 9. The number of aliphatic hydroxyl groups is 3. The number of fused-ring (bicyclic) bond motifs is 2. The van der Waals surface area contributed by atoms with Gasteiger partial charge in [0.2, 0.25) is 11.7 Å². The number of carbonyl (C=O) groups excluding carboxylic acids is 2. The van der Waals surface area contributed by atoms with Gasteiger partial charge in [-0.25, -0.2) is 4.98 Å². The third-order valence-electron chi connectivity index (χ3n) is 8.63. The van der Waals surface area contributed by atoms with E-state index < -0.39 is 35.0 Å². The molecule has 2 fully saturated rings. The summed E-state index contributed by atoms with van der Waals surface area (Å²) >= 11 is 0. The maximum Gasteiger partial charge on any atom is 0.306 e. The molecule has 0 saturated carbocycles. The van der Waals surface area contributed by atoms with Crippen LogP contribution in [0.3, 0.4) is 0 Å². The van der Waals surface area contributed by atoms with Gasteiger partial charge in [-0.05, 0) is 56.2 Å². The highest BCUT2D eigenvalue weighted by Crippen LogP contribution is 2.54. The maximum absolute atomic E-state index is 13.6. The van der Waals surface area contributed by atoms with Gasteiger partial charge in [-0.15, -0.1) is 0 Å². The van der Waals surface area contributed by atoms with Crippen LogP contribution in [0, 0.1) is 17.3 Å². The number of cyclic esters (lactones) is 1. The second kappa shape index (κ2) is 11.3. The summed E-state index contributed by atoms with van der Waals surface area (Å²) in [5, 5.41) is 32.2. The molecule has 0 radical (unpaired) electrons. The number of aliphatic hydroxyl groups excluding tert-OH is 2. The molecule has 39 heavy (non-hydrogen) atoms. The van der Waals surface area contributed by atoms with E-state index >= 15 is 0 Å². The summed E-state index contributed by atoms with van der Waals surface area (Å²) in [4.78, 5) is 30.9. The van der Waals surface area contributed by atoms with E-state index in [4.69, 9.17) is 13.9 Å². The van der Waals surface area contributed by atoms with Crippen LogP contribution >= 0.6 is 0 Å². The molecule has 6 atom stereocenters. The number of oxazole rings is 1. The van der Waals surface area contributed by atoms with Crippen LogP contribution in [-0.2, 0) is 25.7 Å². The highest BCUT2D eigenvalue weighted by molar-refractivity contribution is 5.87. The van der Waals surface area contributed by atoms with Crippen LogP contribution in [0.2, 0.25) is 0 Å². The topological polar surface area (TPSA) is 143 Å². The van der Waals surface area contributed by atoms with Gasteiger partial charge in [-0.3, -0.25) is 9.59 Å². The van der Waals surface area contributed by atoms with Crippen molar-refractivity contribution in [1.82, 2.24) is 4.98 Å². The number of benzene rings is 1. The zero-order valence-corrected chi connectivity index (χ0v) is 23.7. The first-order chi connectivity index (χ1) is 18.3. The Morgan fingerprint density at radius 2 is 1.90 bits per heavy atom. The molecule has 2 aliphatic rings. The van der Waals surface area contributed by atoms with E-state index in [1.54, 1.807) is 25.1 Å². The van der Waals surface area contributed by atoms with E-state index in [0.29, 0.717) is 35.4 Å². The van der Waals surface area contributed by atoms with Gasteiger partial charge in [0.25, 0.3) is 0 Å². The fourth-order valence-electron chi connectivity index (χ4n) is 6.06. The van der Waals surface area contributed by atoms with Crippen molar-refractivity contribution < 1.29 is 38.8 Å². The summed E-state index contributed by atoms with van der Waals surface area (Å²) in [5.41, 5.74) is -0.461. The fourth-order valence-corrected chi connectivity index (χ4v) is 6.06. The number of aromatic nitrogens is 1. The Kier molecular flexibility index (Phi) is 8.57. The quantitative estimate of drug-likeness (QED) is 0.366. The second-order valence-corrected chi connectivity index (χ2v) is 12.3. The van der Waals surface area contributed by atoms with Gasteiger partial charge in [-0.2, -0.15) is 0 Å². The molecular formula is C30H43NO8. The molecule has 4 rings (SSSR count). The summed E-state index contributed by atoms with van der Waals surface area (Å²) in [6.07, 6.45) is 2.11. The monoisotopic (exact) mass is 545 g/mol. The SMILES string of the molecule is CCCC1CC(C)CCCC2(C)OC2(O)C(O)C(c2ccc3oc(CO)nc3c2)OC(=O)CCC(C)(C)C1=O. The molecule has 2 aromatic rings. The van der Waals surface area contributed by atoms with Crippen molar-refractivity contribution in [3.63, 3.8) is 0 Å². The zero-order valence-electron chi connectivity index (χ0n) is 23.7. The number of nitrogens with zero attached hydrogens (tertiary/aromatic N) is 1. The van der Waals surface area contributed by atoms with E-state index in [-0.39, 0.29) is 30.6 Å². The molecule has 6 unspecified atom stereocenters. The summed E-state index contributed by atoms with van der Waals surface area (Å²) in [6, 6.07) is 4.84. The van der Waals surface area contributed by atoms with Gasteiger partial charge in [0, 0.05) is 17.8 Å². The standard InChI is InChI=1S/C30H43NO8/c1-6-8-20-15-18(2)9-7-13-29(5)30(36,39-29)27(35)25(38-24(33)12-14-28(3,4)26(20)34)19-10-11-22-21(16-19)31-23(17-32)37-22/h10-11,16,18,20,25,27,32,35-36H,6-9,12-15,17H2,1-5H3. The Bertz CT molecular complexity index is 1190. The molecule has 2 saturated heterocycles. The van der Waals surface area contributed by atoms with Crippen molar-refractivity contribution in [2.75, 3.05) is 0 Å².